The fraction of sp³-hybridized carbons (Fsp3) is 0.235. The second-order valence-electron chi connectivity index (χ2n) is 5.53. The molecule has 1 amide bonds. The van der Waals surface area contributed by atoms with Gasteiger partial charge in [0.25, 0.3) is 15.9 Å². The van der Waals surface area contributed by atoms with Gasteiger partial charge in [-0.25, -0.2) is 17.5 Å². The Morgan fingerprint density at radius 1 is 1.00 bits per heavy atom. The lowest BCUT2D eigenvalue weighted by molar-refractivity contribution is 0.0981. The molecule has 0 spiro atoms. The monoisotopic (exact) mass is 364 g/mol. The Hall–Kier alpha value is -2.45. The number of carbonyl (C=O) groups excluding carboxylic acids is 1. The zero-order valence-electron chi connectivity index (χ0n) is 13.3. The van der Waals surface area contributed by atoms with Gasteiger partial charge in [-0.2, -0.15) is 0 Å². The SMILES string of the molecule is O=C(NS(=O)(=O)c1ccc(F)cc1)c1ccc(N2CCOCC2)cc1. The zero-order chi connectivity index (χ0) is 17.9. The van der Waals surface area contributed by atoms with Crippen molar-refractivity contribution in [1.29, 1.82) is 0 Å². The highest BCUT2D eigenvalue weighted by Crippen LogP contribution is 2.17. The number of anilines is 1. The van der Waals surface area contributed by atoms with Crippen LogP contribution in [0.1, 0.15) is 10.4 Å². The molecule has 25 heavy (non-hydrogen) atoms. The van der Waals surface area contributed by atoms with E-state index in [4.69, 9.17) is 4.74 Å². The summed E-state index contributed by atoms with van der Waals surface area (Å²) in [5.74, 6) is -1.29. The summed E-state index contributed by atoms with van der Waals surface area (Å²) in [6, 6.07) is 10.9. The summed E-state index contributed by atoms with van der Waals surface area (Å²) < 4.78 is 44.5. The van der Waals surface area contributed by atoms with Gasteiger partial charge in [0.15, 0.2) is 0 Å². The molecule has 1 fully saturated rings. The Bertz CT molecular complexity index is 845. The fourth-order valence-electron chi connectivity index (χ4n) is 2.50. The first-order chi connectivity index (χ1) is 12.0. The summed E-state index contributed by atoms with van der Waals surface area (Å²) in [4.78, 5) is 14.1. The van der Waals surface area contributed by atoms with Crippen molar-refractivity contribution < 1.29 is 22.3 Å². The largest absolute Gasteiger partial charge is 0.378 e. The van der Waals surface area contributed by atoms with E-state index in [1.54, 1.807) is 24.3 Å². The van der Waals surface area contributed by atoms with Crippen LogP contribution in [0, 0.1) is 5.82 Å². The van der Waals surface area contributed by atoms with Crippen molar-refractivity contribution in [3.8, 4) is 0 Å². The molecule has 0 aromatic heterocycles. The van der Waals surface area contributed by atoms with Crippen LogP contribution in [0.15, 0.2) is 53.4 Å². The number of halogens is 1. The van der Waals surface area contributed by atoms with Crippen LogP contribution in [0.25, 0.3) is 0 Å². The van der Waals surface area contributed by atoms with Crippen LogP contribution < -0.4 is 9.62 Å². The van der Waals surface area contributed by atoms with E-state index in [1.807, 2.05) is 4.72 Å². The van der Waals surface area contributed by atoms with Gasteiger partial charge in [0, 0.05) is 24.3 Å². The molecule has 1 heterocycles. The van der Waals surface area contributed by atoms with E-state index in [0.29, 0.717) is 13.2 Å². The summed E-state index contributed by atoms with van der Waals surface area (Å²) in [7, 11) is -4.05. The highest BCUT2D eigenvalue weighted by Gasteiger charge is 2.19. The summed E-state index contributed by atoms with van der Waals surface area (Å²) in [6.45, 7) is 2.84. The quantitative estimate of drug-likeness (QED) is 0.895. The Labute approximate surface area is 145 Å². The van der Waals surface area contributed by atoms with Crippen molar-refractivity contribution in [2.45, 2.75) is 4.90 Å². The first-order valence-corrected chi connectivity index (χ1v) is 9.19. The summed E-state index contributed by atoms with van der Waals surface area (Å²) in [5.41, 5.74) is 1.17. The minimum absolute atomic E-state index is 0.174. The summed E-state index contributed by atoms with van der Waals surface area (Å²) in [6.07, 6.45) is 0. The van der Waals surface area contributed by atoms with Gasteiger partial charge in [0.05, 0.1) is 18.1 Å². The number of benzene rings is 2. The molecule has 1 N–H and O–H groups in total. The predicted molar refractivity (Wildman–Crippen MR) is 90.5 cm³/mol. The Kier molecular flexibility index (Phi) is 5.00. The average Bonchev–Trinajstić information content (AvgIpc) is 2.62. The lowest BCUT2D eigenvalue weighted by Gasteiger charge is -2.28. The van der Waals surface area contributed by atoms with E-state index in [9.17, 15) is 17.6 Å². The minimum Gasteiger partial charge on any atom is -0.378 e. The maximum atomic E-state index is 12.9. The first kappa shape index (κ1) is 17.4. The molecule has 0 saturated carbocycles. The van der Waals surface area contributed by atoms with Crippen LogP contribution in [0.5, 0.6) is 0 Å². The van der Waals surface area contributed by atoms with E-state index in [2.05, 4.69) is 4.90 Å². The topological polar surface area (TPSA) is 75.7 Å². The number of ether oxygens (including phenoxy) is 1. The van der Waals surface area contributed by atoms with Crippen molar-refractivity contribution in [3.05, 3.63) is 59.9 Å². The van der Waals surface area contributed by atoms with Crippen molar-refractivity contribution in [2.75, 3.05) is 31.2 Å². The van der Waals surface area contributed by atoms with Gasteiger partial charge < -0.3 is 9.64 Å². The summed E-state index contributed by atoms with van der Waals surface area (Å²) in [5, 5.41) is 0. The van der Waals surface area contributed by atoms with Crippen LogP contribution in [-0.4, -0.2) is 40.6 Å². The number of hydrogen-bond acceptors (Lipinski definition) is 5. The maximum Gasteiger partial charge on any atom is 0.264 e. The molecule has 132 valence electrons. The third-order valence-electron chi connectivity index (χ3n) is 3.86. The van der Waals surface area contributed by atoms with E-state index in [0.717, 1.165) is 43.0 Å². The molecule has 0 atom stereocenters. The van der Waals surface area contributed by atoms with E-state index in [1.165, 1.54) is 0 Å². The summed E-state index contributed by atoms with van der Waals surface area (Å²) >= 11 is 0. The van der Waals surface area contributed by atoms with E-state index in [-0.39, 0.29) is 10.5 Å². The molecule has 3 rings (SSSR count). The normalized spacial score (nSPS) is 15.0. The number of carbonyl (C=O) groups is 1. The van der Waals surface area contributed by atoms with Crippen LogP contribution in [0.2, 0.25) is 0 Å². The van der Waals surface area contributed by atoms with Gasteiger partial charge in [-0.3, -0.25) is 4.79 Å². The first-order valence-electron chi connectivity index (χ1n) is 7.71. The molecule has 1 aliphatic heterocycles. The zero-order valence-corrected chi connectivity index (χ0v) is 14.1. The number of amides is 1. The Morgan fingerprint density at radius 2 is 1.60 bits per heavy atom. The molecule has 0 radical (unpaired) electrons. The number of nitrogens with zero attached hydrogens (tertiary/aromatic N) is 1. The smallest absolute Gasteiger partial charge is 0.264 e. The lowest BCUT2D eigenvalue weighted by Crippen LogP contribution is -2.36. The minimum atomic E-state index is -4.05. The van der Waals surface area contributed by atoms with Crippen molar-refractivity contribution in [1.82, 2.24) is 4.72 Å². The molecule has 6 nitrogen and oxygen atoms in total. The number of hydrogen-bond donors (Lipinski definition) is 1. The molecular weight excluding hydrogens is 347 g/mol. The molecule has 2 aromatic carbocycles. The molecule has 1 saturated heterocycles. The van der Waals surface area contributed by atoms with Gasteiger partial charge in [-0.05, 0) is 48.5 Å². The van der Waals surface area contributed by atoms with Gasteiger partial charge >= 0.3 is 0 Å². The van der Waals surface area contributed by atoms with Crippen molar-refractivity contribution in [2.24, 2.45) is 0 Å². The van der Waals surface area contributed by atoms with Crippen molar-refractivity contribution >= 4 is 21.6 Å². The Morgan fingerprint density at radius 3 is 2.20 bits per heavy atom. The predicted octanol–water partition coefficient (Wildman–Crippen LogP) is 1.78. The highest BCUT2D eigenvalue weighted by molar-refractivity contribution is 7.90. The van der Waals surface area contributed by atoms with Crippen LogP contribution in [-0.2, 0) is 14.8 Å². The van der Waals surface area contributed by atoms with Gasteiger partial charge in [-0.15, -0.1) is 0 Å². The van der Waals surface area contributed by atoms with Gasteiger partial charge in [0.2, 0.25) is 0 Å². The molecule has 2 aromatic rings. The van der Waals surface area contributed by atoms with Crippen LogP contribution in [0.3, 0.4) is 0 Å². The second-order valence-corrected chi connectivity index (χ2v) is 7.22. The number of nitrogens with one attached hydrogen (secondary N) is 1. The Balaban J connectivity index is 1.71. The number of sulfonamides is 1. The van der Waals surface area contributed by atoms with Crippen LogP contribution >= 0.6 is 0 Å². The molecule has 0 aliphatic carbocycles. The standard InChI is InChI=1S/C17H17FN2O4S/c18-14-3-7-16(8-4-14)25(22,23)19-17(21)13-1-5-15(6-2-13)20-9-11-24-12-10-20/h1-8H,9-12H2,(H,19,21). The van der Waals surface area contributed by atoms with E-state index >= 15 is 0 Å². The maximum absolute atomic E-state index is 12.9. The molecule has 0 bridgehead atoms. The van der Waals surface area contributed by atoms with Crippen LogP contribution in [0.4, 0.5) is 10.1 Å². The number of rotatable bonds is 4. The highest BCUT2D eigenvalue weighted by atomic mass is 32.2. The number of morpholine rings is 1. The fourth-order valence-corrected chi connectivity index (χ4v) is 3.47. The van der Waals surface area contributed by atoms with Crippen molar-refractivity contribution in [3.63, 3.8) is 0 Å². The molecular formula is C17H17FN2O4S. The third kappa shape index (κ3) is 4.15. The third-order valence-corrected chi connectivity index (χ3v) is 5.20. The van der Waals surface area contributed by atoms with E-state index < -0.39 is 21.7 Å². The lowest BCUT2D eigenvalue weighted by atomic mass is 10.2. The average molecular weight is 364 g/mol. The molecule has 0 unspecified atom stereocenters. The molecule has 8 heteroatoms. The van der Waals surface area contributed by atoms with Gasteiger partial charge in [-0.1, -0.05) is 0 Å². The second kappa shape index (κ2) is 7.20. The van der Waals surface area contributed by atoms with Gasteiger partial charge in [0.1, 0.15) is 5.82 Å². The molecule has 1 aliphatic rings.